The van der Waals surface area contributed by atoms with Gasteiger partial charge in [0, 0.05) is 6.42 Å². The van der Waals surface area contributed by atoms with Crippen molar-refractivity contribution in [1.29, 1.82) is 5.26 Å². The van der Waals surface area contributed by atoms with Crippen LogP contribution in [-0.2, 0) is 14.2 Å². The lowest BCUT2D eigenvalue weighted by Crippen LogP contribution is -2.46. The number of ether oxygens (including phenoxy) is 3. The van der Waals surface area contributed by atoms with Crippen LogP contribution in [0.5, 0.6) is 0 Å². The number of rotatable bonds is 4. The second-order valence-electron chi connectivity index (χ2n) is 7.13. The predicted molar refractivity (Wildman–Crippen MR) is 87.9 cm³/mol. The van der Waals surface area contributed by atoms with Gasteiger partial charge in [-0.1, -0.05) is 30.3 Å². The van der Waals surface area contributed by atoms with Crippen molar-refractivity contribution in [2.75, 3.05) is 19.8 Å². The van der Waals surface area contributed by atoms with Crippen LogP contribution in [0.2, 0.25) is 0 Å². The van der Waals surface area contributed by atoms with Gasteiger partial charge in [-0.05, 0) is 31.7 Å². The molecule has 0 aromatic heterocycles. The molecule has 3 aliphatic heterocycles. The lowest BCUT2D eigenvalue weighted by molar-refractivity contribution is -0.151. The van der Waals surface area contributed by atoms with Gasteiger partial charge in [0.15, 0.2) is 5.79 Å². The summed E-state index contributed by atoms with van der Waals surface area (Å²) in [5, 5.41) is 10.1. The first-order valence-electron chi connectivity index (χ1n) is 8.80. The third-order valence-electron chi connectivity index (χ3n) is 5.67. The molecule has 3 heterocycles. The Morgan fingerprint density at radius 3 is 2.67 bits per heavy atom. The van der Waals surface area contributed by atoms with E-state index in [1.54, 1.807) is 0 Å². The Labute approximate surface area is 143 Å². The van der Waals surface area contributed by atoms with E-state index in [1.807, 2.05) is 25.1 Å². The first kappa shape index (κ1) is 16.0. The van der Waals surface area contributed by atoms with Gasteiger partial charge >= 0.3 is 0 Å². The zero-order valence-electron chi connectivity index (χ0n) is 14.1. The maximum absolute atomic E-state index is 10.1. The molecule has 3 fully saturated rings. The maximum Gasteiger partial charge on any atom is 0.165 e. The van der Waals surface area contributed by atoms with Crippen molar-refractivity contribution < 1.29 is 14.2 Å². The molecule has 5 nitrogen and oxygen atoms in total. The van der Waals surface area contributed by atoms with Crippen molar-refractivity contribution in [3.05, 3.63) is 35.9 Å². The van der Waals surface area contributed by atoms with E-state index in [0.717, 1.165) is 25.7 Å². The van der Waals surface area contributed by atoms with Crippen LogP contribution in [0.25, 0.3) is 0 Å². The molecule has 24 heavy (non-hydrogen) atoms. The molecule has 5 heteroatoms. The molecule has 3 saturated heterocycles. The Morgan fingerprint density at radius 1 is 1.21 bits per heavy atom. The highest BCUT2D eigenvalue weighted by atomic mass is 16.7. The minimum atomic E-state index is -0.551. The summed E-state index contributed by atoms with van der Waals surface area (Å²) in [5.41, 5.74) is 0.723. The highest BCUT2D eigenvalue weighted by Gasteiger charge is 2.54. The summed E-state index contributed by atoms with van der Waals surface area (Å²) < 4.78 is 17.5. The third kappa shape index (κ3) is 2.64. The van der Waals surface area contributed by atoms with Gasteiger partial charge in [-0.25, -0.2) is 0 Å². The SMILES string of the molecule is CC1(CCC2(C#N)CCC3OCC(c4ccccc4)N32)OCCO1. The second kappa shape index (κ2) is 6.12. The summed E-state index contributed by atoms with van der Waals surface area (Å²) in [7, 11) is 0. The largest absolute Gasteiger partial charge is 0.361 e. The molecule has 0 spiro atoms. The van der Waals surface area contributed by atoms with E-state index in [0.29, 0.717) is 19.8 Å². The van der Waals surface area contributed by atoms with Crippen LogP contribution in [0.15, 0.2) is 30.3 Å². The molecule has 0 N–H and O–H groups in total. The fourth-order valence-corrected chi connectivity index (χ4v) is 4.34. The molecule has 0 bridgehead atoms. The van der Waals surface area contributed by atoms with Crippen molar-refractivity contribution in [2.24, 2.45) is 0 Å². The number of nitriles is 1. The standard InChI is InChI=1S/C19H24N2O3/c1-18(23-11-12-24-18)9-10-19(14-20)8-7-17-21(19)16(13-22-17)15-5-3-2-4-6-15/h2-6,16-17H,7-13H2,1H3. The molecular weight excluding hydrogens is 304 g/mol. The smallest absolute Gasteiger partial charge is 0.165 e. The minimum Gasteiger partial charge on any atom is -0.361 e. The van der Waals surface area contributed by atoms with Gasteiger partial charge in [0.05, 0.1) is 31.9 Å². The van der Waals surface area contributed by atoms with E-state index < -0.39 is 11.3 Å². The Morgan fingerprint density at radius 2 is 1.96 bits per heavy atom. The van der Waals surface area contributed by atoms with Crippen LogP contribution in [-0.4, -0.2) is 42.3 Å². The lowest BCUT2D eigenvalue weighted by Gasteiger charge is -2.37. The zero-order chi connectivity index (χ0) is 16.6. The molecule has 3 unspecified atom stereocenters. The highest BCUT2D eigenvalue weighted by Crippen LogP contribution is 2.48. The van der Waals surface area contributed by atoms with E-state index in [1.165, 1.54) is 5.56 Å². The summed E-state index contributed by atoms with van der Waals surface area (Å²) in [4.78, 5) is 2.31. The van der Waals surface area contributed by atoms with Gasteiger partial charge in [-0.2, -0.15) is 5.26 Å². The lowest BCUT2D eigenvalue weighted by atomic mass is 9.88. The van der Waals surface area contributed by atoms with Crippen molar-refractivity contribution >= 4 is 0 Å². The normalized spacial score (nSPS) is 35.0. The number of nitrogens with zero attached hydrogens (tertiary/aromatic N) is 2. The van der Waals surface area contributed by atoms with Crippen LogP contribution in [0.3, 0.4) is 0 Å². The van der Waals surface area contributed by atoms with Gasteiger partial charge in [0.2, 0.25) is 0 Å². The van der Waals surface area contributed by atoms with E-state index in [9.17, 15) is 5.26 Å². The van der Waals surface area contributed by atoms with Crippen molar-refractivity contribution in [3.63, 3.8) is 0 Å². The highest BCUT2D eigenvalue weighted by molar-refractivity contribution is 5.25. The fourth-order valence-electron chi connectivity index (χ4n) is 4.34. The Kier molecular flexibility index (Phi) is 4.09. The van der Waals surface area contributed by atoms with Crippen LogP contribution in [0.1, 0.15) is 44.2 Å². The molecule has 0 aliphatic carbocycles. The Hall–Kier alpha value is -1.45. The summed E-state index contributed by atoms with van der Waals surface area (Å²) in [6, 6.07) is 13.1. The van der Waals surface area contributed by atoms with E-state index in [4.69, 9.17) is 14.2 Å². The molecule has 3 aliphatic rings. The Balaban J connectivity index is 1.57. The molecule has 4 rings (SSSR count). The van der Waals surface area contributed by atoms with Crippen LogP contribution >= 0.6 is 0 Å². The van der Waals surface area contributed by atoms with E-state index in [2.05, 4.69) is 23.1 Å². The first-order chi connectivity index (χ1) is 11.7. The van der Waals surface area contributed by atoms with Crippen molar-refractivity contribution in [3.8, 4) is 6.07 Å². The summed E-state index contributed by atoms with van der Waals surface area (Å²) >= 11 is 0. The number of hydrogen-bond acceptors (Lipinski definition) is 5. The number of fused-ring (bicyclic) bond motifs is 1. The third-order valence-corrected chi connectivity index (χ3v) is 5.67. The topological polar surface area (TPSA) is 54.7 Å². The first-order valence-corrected chi connectivity index (χ1v) is 8.80. The zero-order valence-corrected chi connectivity index (χ0v) is 14.1. The van der Waals surface area contributed by atoms with Crippen LogP contribution < -0.4 is 0 Å². The second-order valence-corrected chi connectivity index (χ2v) is 7.13. The maximum atomic E-state index is 10.1. The van der Waals surface area contributed by atoms with Crippen LogP contribution in [0, 0.1) is 11.3 Å². The summed E-state index contributed by atoms with van der Waals surface area (Å²) in [6.45, 7) is 3.91. The number of hydrogen-bond donors (Lipinski definition) is 0. The minimum absolute atomic E-state index is 0.0491. The average molecular weight is 328 g/mol. The Bertz CT molecular complexity index is 623. The molecule has 1 aromatic rings. The molecule has 1 aromatic carbocycles. The quantitative estimate of drug-likeness (QED) is 0.850. The van der Waals surface area contributed by atoms with E-state index >= 15 is 0 Å². The van der Waals surface area contributed by atoms with E-state index in [-0.39, 0.29) is 12.3 Å². The van der Waals surface area contributed by atoms with Crippen molar-refractivity contribution in [1.82, 2.24) is 4.90 Å². The van der Waals surface area contributed by atoms with Gasteiger partial charge in [-0.3, -0.25) is 4.90 Å². The van der Waals surface area contributed by atoms with Crippen LogP contribution in [0.4, 0.5) is 0 Å². The van der Waals surface area contributed by atoms with Gasteiger partial charge in [0.25, 0.3) is 0 Å². The molecule has 128 valence electrons. The van der Waals surface area contributed by atoms with Gasteiger partial charge in [0.1, 0.15) is 11.8 Å². The molecular formula is C19H24N2O3. The molecule has 0 saturated carbocycles. The predicted octanol–water partition coefficient (Wildman–Crippen LogP) is 2.99. The van der Waals surface area contributed by atoms with Crippen molar-refractivity contribution in [2.45, 2.75) is 56.2 Å². The molecule has 0 radical (unpaired) electrons. The monoisotopic (exact) mass is 328 g/mol. The van der Waals surface area contributed by atoms with Gasteiger partial charge in [-0.15, -0.1) is 0 Å². The summed E-state index contributed by atoms with van der Waals surface area (Å²) in [6.07, 6.45) is 3.27. The average Bonchev–Trinajstić information content (AvgIpc) is 3.31. The fraction of sp³-hybridized carbons (Fsp3) is 0.632. The summed E-state index contributed by atoms with van der Waals surface area (Å²) in [5.74, 6) is -0.551. The molecule has 0 amide bonds. The number of benzene rings is 1. The molecule has 3 atom stereocenters. The van der Waals surface area contributed by atoms with Gasteiger partial charge < -0.3 is 14.2 Å².